The Balaban J connectivity index is 1.68. The van der Waals surface area contributed by atoms with Crippen molar-refractivity contribution in [1.29, 1.82) is 0 Å². The molecule has 4 nitrogen and oxygen atoms in total. The second kappa shape index (κ2) is 5.39. The highest BCUT2D eigenvalue weighted by molar-refractivity contribution is 5.01. The van der Waals surface area contributed by atoms with Crippen molar-refractivity contribution >= 4 is 0 Å². The molecule has 1 aliphatic carbocycles. The van der Waals surface area contributed by atoms with Gasteiger partial charge in [-0.2, -0.15) is 4.98 Å². The summed E-state index contributed by atoms with van der Waals surface area (Å²) in [6.07, 6.45) is 7.38. The zero-order chi connectivity index (χ0) is 12.4. The molecule has 2 unspecified atom stereocenters. The molecule has 2 fully saturated rings. The van der Waals surface area contributed by atoms with Crippen LogP contribution in [0.2, 0.25) is 0 Å². The van der Waals surface area contributed by atoms with Crippen molar-refractivity contribution in [3.63, 3.8) is 0 Å². The van der Waals surface area contributed by atoms with Gasteiger partial charge >= 0.3 is 0 Å². The standard InChI is InChI=1S/C14H23N3O/c1-10-3-2-4-12(9-10)13-16-14(18-17-13)11-5-7-15-8-6-11/h10-12,15H,2-9H2,1H3. The molecule has 4 heteroatoms. The van der Waals surface area contributed by atoms with E-state index in [9.17, 15) is 0 Å². The monoisotopic (exact) mass is 249 g/mol. The van der Waals surface area contributed by atoms with Crippen LogP contribution in [0.15, 0.2) is 4.52 Å². The molecule has 0 aromatic carbocycles. The molecule has 100 valence electrons. The van der Waals surface area contributed by atoms with E-state index >= 15 is 0 Å². The smallest absolute Gasteiger partial charge is 0.229 e. The van der Waals surface area contributed by atoms with Crippen molar-refractivity contribution in [2.45, 2.75) is 57.3 Å². The highest BCUT2D eigenvalue weighted by Gasteiger charge is 2.27. The quantitative estimate of drug-likeness (QED) is 0.875. The average Bonchev–Trinajstić information content (AvgIpc) is 2.89. The predicted octanol–water partition coefficient (Wildman–Crippen LogP) is 2.83. The Morgan fingerprint density at radius 1 is 1.11 bits per heavy atom. The van der Waals surface area contributed by atoms with Crippen LogP contribution in [0.5, 0.6) is 0 Å². The molecule has 1 aromatic rings. The fourth-order valence-electron chi connectivity index (χ4n) is 3.32. The third kappa shape index (κ3) is 2.58. The number of piperidine rings is 1. The molecule has 2 heterocycles. The fraction of sp³-hybridized carbons (Fsp3) is 0.857. The van der Waals surface area contributed by atoms with Crippen LogP contribution in [0.3, 0.4) is 0 Å². The van der Waals surface area contributed by atoms with Gasteiger partial charge in [0.2, 0.25) is 5.89 Å². The summed E-state index contributed by atoms with van der Waals surface area (Å²) >= 11 is 0. The summed E-state index contributed by atoms with van der Waals surface area (Å²) < 4.78 is 5.50. The minimum absolute atomic E-state index is 0.480. The Bertz CT molecular complexity index is 384. The molecule has 1 saturated carbocycles. The predicted molar refractivity (Wildman–Crippen MR) is 69.5 cm³/mol. The van der Waals surface area contributed by atoms with Gasteiger partial charge in [0, 0.05) is 11.8 Å². The maximum Gasteiger partial charge on any atom is 0.229 e. The molecule has 0 amide bonds. The molecule has 18 heavy (non-hydrogen) atoms. The normalized spacial score (nSPS) is 30.5. The SMILES string of the molecule is CC1CCCC(c2noc(C3CCNCC3)n2)C1. The number of hydrogen-bond acceptors (Lipinski definition) is 4. The molecular weight excluding hydrogens is 226 g/mol. The lowest BCUT2D eigenvalue weighted by Gasteiger charge is -2.24. The second-order valence-electron chi connectivity index (χ2n) is 5.98. The van der Waals surface area contributed by atoms with E-state index in [1.807, 2.05) is 0 Å². The van der Waals surface area contributed by atoms with E-state index in [1.165, 1.54) is 25.7 Å². The van der Waals surface area contributed by atoms with Crippen molar-refractivity contribution in [2.24, 2.45) is 5.92 Å². The second-order valence-corrected chi connectivity index (χ2v) is 5.98. The molecule has 1 aliphatic heterocycles. The van der Waals surface area contributed by atoms with Gasteiger partial charge in [0.25, 0.3) is 0 Å². The Labute approximate surface area is 109 Å². The van der Waals surface area contributed by atoms with Crippen LogP contribution in [0, 0.1) is 5.92 Å². The van der Waals surface area contributed by atoms with E-state index in [0.717, 1.165) is 43.6 Å². The summed E-state index contributed by atoms with van der Waals surface area (Å²) in [5.41, 5.74) is 0. The Kier molecular flexibility index (Phi) is 3.64. The molecule has 1 saturated heterocycles. The summed E-state index contributed by atoms with van der Waals surface area (Å²) in [7, 11) is 0. The van der Waals surface area contributed by atoms with Crippen molar-refractivity contribution in [3.8, 4) is 0 Å². The van der Waals surface area contributed by atoms with Gasteiger partial charge in [-0.25, -0.2) is 0 Å². The lowest BCUT2D eigenvalue weighted by atomic mass is 9.82. The number of nitrogens with one attached hydrogen (secondary N) is 1. The summed E-state index contributed by atoms with van der Waals surface area (Å²) in [5, 5.41) is 7.61. The molecule has 2 atom stereocenters. The van der Waals surface area contributed by atoms with E-state index in [2.05, 4.69) is 22.4 Å². The van der Waals surface area contributed by atoms with E-state index < -0.39 is 0 Å². The number of hydrogen-bond donors (Lipinski definition) is 1. The summed E-state index contributed by atoms with van der Waals surface area (Å²) in [6.45, 7) is 4.48. The first-order valence-corrected chi connectivity index (χ1v) is 7.37. The number of rotatable bonds is 2. The van der Waals surface area contributed by atoms with Crippen LogP contribution >= 0.6 is 0 Å². The topological polar surface area (TPSA) is 51.0 Å². The van der Waals surface area contributed by atoms with Crippen molar-refractivity contribution < 1.29 is 4.52 Å². The van der Waals surface area contributed by atoms with Crippen molar-refractivity contribution in [1.82, 2.24) is 15.5 Å². The van der Waals surface area contributed by atoms with E-state index in [4.69, 9.17) is 4.52 Å². The third-order valence-corrected chi connectivity index (χ3v) is 4.45. The van der Waals surface area contributed by atoms with Crippen LogP contribution in [0.1, 0.15) is 69.0 Å². The van der Waals surface area contributed by atoms with Crippen LogP contribution in [0.25, 0.3) is 0 Å². The largest absolute Gasteiger partial charge is 0.339 e. The molecular formula is C14H23N3O. The third-order valence-electron chi connectivity index (χ3n) is 4.45. The van der Waals surface area contributed by atoms with Gasteiger partial charge in [-0.05, 0) is 44.7 Å². The van der Waals surface area contributed by atoms with Gasteiger partial charge in [0.1, 0.15) is 0 Å². The zero-order valence-electron chi connectivity index (χ0n) is 11.2. The average molecular weight is 249 g/mol. The molecule has 1 N–H and O–H groups in total. The summed E-state index contributed by atoms with van der Waals surface area (Å²) in [5.74, 6) is 3.67. The van der Waals surface area contributed by atoms with E-state index in [0.29, 0.717) is 11.8 Å². The first-order chi connectivity index (χ1) is 8.83. The minimum Gasteiger partial charge on any atom is -0.339 e. The van der Waals surface area contributed by atoms with Crippen molar-refractivity contribution in [3.05, 3.63) is 11.7 Å². The Morgan fingerprint density at radius 3 is 2.72 bits per heavy atom. The highest BCUT2D eigenvalue weighted by Crippen LogP contribution is 2.35. The lowest BCUT2D eigenvalue weighted by molar-refractivity contribution is 0.304. The van der Waals surface area contributed by atoms with Gasteiger partial charge in [-0.1, -0.05) is 24.9 Å². The van der Waals surface area contributed by atoms with Crippen molar-refractivity contribution in [2.75, 3.05) is 13.1 Å². The fourth-order valence-corrected chi connectivity index (χ4v) is 3.32. The molecule has 0 bridgehead atoms. The Morgan fingerprint density at radius 2 is 1.94 bits per heavy atom. The van der Waals surface area contributed by atoms with Gasteiger partial charge in [0.05, 0.1) is 0 Å². The molecule has 3 rings (SSSR count). The van der Waals surface area contributed by atoms with Gasteiger partial charge in [0.15, 0.2) is 5.82 Å². The van der Waals surface area contributed by atoms with Gasteiger partial charge in [-0.15, -0.1) is 0 Å². The van der Waals surface area contributed by atoms with Crippen LogP contribution < -0.4 is 5.32 Å². The number of nitrogens with zero attached hydrogens (tertiary/aromatic N) is 2. The van der Waals surface area contributed by atoms with Crippen LogP contribution in [0.4, 0.5) is 0 Å². The van der Waals surface area contributed by atoms with E-state index in [-0.39, 0.29) is 0 Å². The number of aromatic nitrogens is 2. The Hall–Kier alpha value is -0.900. The summed E-state index contributed by atoms with van der Waals surface area (Å²) in [6, 6.07) is 0. The first kappa shape index (κ1) is 12.2. The summed E-state index contributed by atoms with van der Waals surface area (Å²) in [4.78, 5) is 4.69. The molecule has 1 aromatic heterocycles. The first-order valence-electron chi connectivity index (χ1n) is 7.37. The van der Waals surface area contributed by atoms with Crippen LogP contribution in [-0.2, 0) is 0 Å². The van der Waals surface area contributed by atoms with Gasteiger partial charge < -0.3 is 9.84 Å². The molecule has 2 aliphatic rings. The zero-order valence-corrected chi connectivity index (χ0v) is 11.2. The minimum atomic E-state index is 0.480. The molecule has 0 radical (unpaired) electrons. The maximum absolute atomic E-state index is 5.50. The maximum atomic E-state index is 5.50. The molecule has 0 spiro atoms. The van der Waals surface area contributed by atoms with E-state index in [1.54, 1.807) is 0 Å². The lowest BCUT2D eigenvalue weighted by Crippen LogP contribution is -2.26. The van der Waals surface area contributed by atoms with Crippen LogP contribution in [-0.4, -0.2) is 23.2 Å². The van der Waals surface area contributed by atoms with Gasteiger partial charge in [-0.3, -0.25) is 0 Å². The highest BCUT2D eigenvalue weighted by atomic mass is 16.5.